The highest BCUT2D eigenvalue weighted by Crippen LogP contribution is 2.45. The number of amides is 3. The van der Waals surface area contributed by atoms with Crippen molar-refractivity contribution in [3.63, 3.8) is 0 Å². The van der Waals surface area contributed by atoms with E-state index in [1.54, 1.807) is 18.2 Å². The molecule has 0 bridgehead atoms. The first-order valence-corrected chi connectivity index (χ1v) is 24.7. The van der Waals surface area contributed by atoms with Crippen LogP contribution in [0.25, 0.3) is 10.9 Å². The van der Waals surface area contributed by atoms with Crippen LogP contribution in [0.4, 0.5) is 10.5 Å². The van der Waals surface area contributed by atoms with Gasteiger partial charge in [-0.05, 0) is 79.3 Å². The molecular weight excluding hydrogens is 801 g/mol. The SMILES string of the molecule is C[C@H]1C=C2C=C[C@H](C)[C@H](CC[C@@H]3C[C@@H](O[Si](C)(C)C(C)(C)C)CC(=O)O3)[C@H]2[C@@H](OC(=O)NCCOCCOCCNc2cccc3nnn(C4CCC(=O)NC4=O)c(=O)c23)C1. The van der Waals surface area contributed by atoms with E-state index >= 15 is 0 Å². The Labute approximate surface area is 359 Å². The first kappa shape index (κ1) is 46.1. The topological polar surface area (TPSA) is 198 Å². The smallest absolute Gasteiger partial charge is 0.407 e. The van der Waals surface area contributed by atoms with Gasteiger partial charge in [0.25, 0.3) is 11.5 Å². The summed E-state index contributed by atoms with van der Waals surface area (Å²) in [6, 6.07) is 4.26. The molecule has 8 atom stereocenters. The third-order valence-corrected chi connectivity index (χ3v) is 17.4. The summed E-state index contributed by atoms with van der Waals surface area (Å²) in [5, 5.41) is 16.7. The van der Waals surface area contributed by atoms with Gasteiger partial charge in [0.2, 0.25) is 5.91 Å². The summed E-state index contributed by atoms with van der Waals surface area (Å²) in [6.07, 6.45) is 9.26. The van der Waals surface area contributed by atoms with Crippen molar-refractivity contribution in [3.8, 4) is 0 Å². The van der Waals surface area contributed by atoms with Crippen LogP contribution in [0.5, 0.6) is 0 Å². The lowest BCUT2D eigenvalue weighted by atomic mass is 9.65. The van der Waals surface area contributed by atoms with Crippen LogP contribution in [0.1, 0.15) is 85.6 Å². The van der Waals surface area contributed by atoms with Crippen molar-refractivity contribution >= 4 is 48.8 Å². The summed E-state index contributed by atoms with van der Waals surface area (Å²) in [5.41, 5.74) is 1.64. The van der Waals surface area contributed by atoms with E-state index in [4.69, 9.17) is 23.4 Å². The van der Waals surface area contributed by atoms with Gasteiger partial charge in [-0.2, -0.15) is 4.68 Å². The van der Waals surface area contributed by atoms with E-state index in [1.165, 1.54) is 5.57 Å². The fourth-order valence-electron chi connectivity index (χ4n) is 8.66. The lowest BCUT2D eigenvalue weighted by Gasteiger charge is -2.44. The molecule has 2 fully saturated rings. The zero-order valence-electron chi connectivity index (χ0n) is 36.7. The number of aromatic nitrogens is 3. The molecule has 2 saturated heterocycles. The maximum absolute atomic E-state index is 13.4. The highest BCUT2D eigenvalue weighted by molar-refractivity contribution is 6.74. The number of nitrogens with zero attached hydrogens (tertiary/aromatic N) is 3. The van der Waals surface area contributed by atoms with Gasteiger partial charge < -0.3 is 34.0 Å². The molecule has 0 saturated carbocycles. The van der Waals surface area contributed by atoms with Crippen LogP contribution in [0.2, 0.25) is 18.1 Å². The molecule has 2 aromatic rings. The van der Waals surface area contributed by atoms with Crippen LogP contribution in [0, 0.1) is 23.7 Å². The third kappa shape index (κ3) is 11.7. The molecule has 3 heterocycles. The number of cyclic esters (lactones) is 1. The van der Waals surface area contributed by atoms with Gasteiger partial charge in [0.1, 0.15) is 23.8 Å². The Bertz CT molecular complexity index is 2030. The average molecular weight is 865 g/mol. The molecule has 1 aromatic carbocycles. The number of piperidine rings is 1. The zero-order valence-corrected chi connectivity index (χ0v) is 37.7. The standard InChI is InChI=1S/C44H64N6O10Si/c1-27-23-29-12-11-28(2)32(14-13-30-25-31(26-38(52)58-30)60-61(6,7)44(3,4)5)39(29)36(24-27)59-43(55)46-18-20-57-22-21-56-19-17-45-33-9-8-10-34-40(33)42(54)50(49-48-34)35-15-16-37(51)47-41(35)53/h8-12,23,27-28,30-32,35-36,39,45H,13-22,24-26H2,1-7H3,(H,46,55)(H,47,51,53)/t27-,28-,30+,31+,32-,35?,36-,39-/m0/s1. The van der Waals surface area contributed by atoms with E-state index in [1.807, 2.05) is 0 Å². The Morgan fingerprint density at radius 3 is 2.51 bits per heavy atom. The van der Waals surface area contributed by atoms with Gasteiger partial charge >= 0.3 is 12.1 Å². The summed E-state index contributed by atoms with van der Waals surface area (Å²) >= 11 is 0. The molecule has 2 aliphatic carbocycles. The molecule has 16 nitrogen and oxygen atoms in total. The van der Waals surface area contributed by atoms with E-state index in [9.17, 15) is 24.0 Å². The summed E-state index contributed by atoms with van der Waals surface area (Å²) < 4.78 is 31.1. The first-order chi connectivity index (χ1) is 29.0. The number of alkyl carbamates (subject to hydrolysis) is 1. The molecule has 1 aromatic heterocycles. The van der Waals surface area contributed by atoms with Crippen LogP contribution in [0.3, 0.4) is 0 Å². The number of ether oxygens (including phenoxy) is 4. The lowest BCUT2D eigenvalue weighted by molar-refractivity contribution is -0.160. The van der Waals surface area contributed by atoms with E-state index in [-0.39, 0.29) is 84.9 Å². The van der Waals surface area contributed by atoms with Gasteiger partial charge in [-0.1, -0.05) is 64.1 Å². The number of rotatable bonds is 17. The number of nitrogens with one attached hydrogen (secondary N) is 3. The molecule has 0 spiro atoms. The maximum Gasteiger partial charge on any atom is 0.407 e. The number of esters is 1. The third-order valence-electron chi connectivity index (χ3n) is 12.8. The van der Waals surface area contributed by atoms with Crippen molar-refractivity contribution in [2.75, 3.05) is 44.8 Å². The van der Waals surface area contributed by atoms with Crippen LogP contribution in [-0.4, -0.2) is 105 Å². The van der Waals surface area contributed by atoms with Crippen LogP contribution >= 0.6 is 0 Å². The van der Waals surface area contributed by atoms with Crippen LogP contribution < -0.4 is 21.5 Å². The second-order valence-corrected chi connectivity index (χ2v) is 23.2. The minimum Gasteiger partial charge on any atom is -0.462 e. The predicted octanol–water partition coefficient (Wildman–Crippen LogP) is 5.59. The van der Waals surface area contributed by atoms with Gasteiger partial charge in [0, 0.05) is 37.5 Å². The molecule has 334 valence electrons. The molecule has 2 aliphatic heterocycles. The van der Waals surface area contributed by atoms with Crippen molar-refractivity contribution < 1.29 is 42.6 Å². The fraction of sp³-hybridized carbons (Fsp3) is 0.659. The number of imide groups is 1. The maximum atomic E-state index is 13.4. The second kappa shape index (κ2) is 20.2. The number of hydrogen-bond acceptors (Lipinski definition) is 13. The number of allylic oxidation sites excluding steroid dienone is 3. The molecule has 4 aliphatic rings. The minimum atomic E-state index is -2.04. The number of benzene rings is 1. The molecule has 6 rings (SSSR count). The van der Waals surface area contributed by atoms with Crippen molar-refractivity contribution in [1.29, 1.82) is 0 Å². The molecule has 1 unspecified atom stereocenters. The Morgan fingerprint density at radius 1 is 1.02 bits per heavy atom. The molecule has 61 heavy (non-hydrogen) atoms. The number of hydrogen-bond donors (Lipinski definition) is 3. The Morgan fingerprint density at radius 2 is 1.77 bits per heavy atom. The molecule has 0 radical (unpaired) electrons. The summed E-state index contributed by atoms with van der Waals surface area (Å²) in [5.74, 6) is -0.337. The minimum absolute atomic E-state index is 0.0502. The van der Waals surface area contributed by atoms with Gasteiger partial charge in [0.15, 0.2) is 8.32 Å². The van der Waals surface area contributed by atoms with Crippen molar-refractivity contribution in [2.45, 2.75) is 122 Å². The quantitative estimate of drug-likeness (QED) is 0.0771. The number of anilines is 1. The normalized spacial score (nSPS) is 26.9. The predicted molar refractivity (Wildman–Crippen MR) is 231 cm³/mol. The van der Waals surface area contributed by atoms with Crippen molar-refractivity contribution in [1.82, 2.24) is 25.6 Å². The highest BCUT2D eigenvalue weighted by Gasteiger charge is 2.44. The van der Waals surface area contributed by atoms with E-state index in [0.717, 1.165) is 23.9 Å². The molecule has 3 amide bonds. The second-order valence-electron chi connectivity index (χ2n) is 18.4. The molecule has 3 N–H and O–H groups in total. The molecular formula is C44H64N6O10Si. The van der Waals surface area contributed by atoms with Gasteiger partial charge in [-0.15, -0.1) is 5.10 Å². The van der Waals surface area contributed by atoms with E-state index in [0.29, 0.717) is 55.8 Å². The van der Waals surface area contributed by atoms with E-state index < -0.39 is 31.9 Å². The number of fused-ring (bicyclic) bond motifs is 2. The number of carbonyl (C=O) groups is 4. The van der Waals surface area contributed by atoms with Gasteiger partial charge in [-0.3, -0.25) is 24.5 Å². The highest BCUT2D eigenvalue weighted by atomic mass is 28.4. The van der Waals surface area contributed by atoms with Gasteiger partial charge in [0.05, 0.1) is 44.3 Å². The Balaban J connectivity index is 0.908. The van der Waals surface area contributed by atoms with Crippen LogP contribution in [0.15, 0.2) is 46.8 Å². The van der Waals surface area contributed by atoms with E-state index in [2.05, 4.69) is 92.2 Å². The summed E-state index contributed by atoms with van der Waals surface area (Å²) in [6.45, 7) is 17.4. The largest absolute Gasteiger partial charge is 0.462 e. The fourth-order valence-corrected chi connectivity index (χ4v) is 10.0. The van der Waals surface area contributed by atoms with Crippen molar-refractivity contribution in [3.05, 3.63) is 52.4 Å². The summed E-state index contributed by atoms with van der Waals surface area (Å²) in [4.78, 5) is 63.1. The lowest BCUT2D eigenvalue weighted by Crippen LogP contribution is -2.47. The van der Waals surface area contributed by atoms with Gasteiger partial charge in [-0.25, -0.2) is 4.79 Å². The Kier molecular flexibility index (Phi) is 15.2. The average Bonchev–Trinajstić information content (AvgIpc) is 3.18. The number of carbonyl (C=O) groups excluding carboxylic acids is 4. The van der Waals surface area contributed by atoms with Crippen LogP contribution in [-0.2, 0) is 37.8 Å². The summed E-state index contributed by atoms with van der Waals surface area (Å²) in [7, 11) is -2.04. The first-order valence-electron chi connectivity index (χ1n) is 21.8. The molecule has 17 heteroatoms. The monoisotopic (exact) mass is 864 g/mol. The van der Waals surface area contributed by atoms with Crippen molar-refractivity contribution in [2.24, 2.45) is 23.7 Å². The Hall–Kier alpha value is -4.45. The zero-order chi connectivity index (χ0) is 43.9.